The summed E-state index contributed by atoms with van der Waals surface area (Å²) < 4.78 is 0. The normalized spacial score (nSPS) is 15.2. The predicted molar refractivity (Wildman–Crippen MR) is 68.4 cm³/mol. The van der Waals surface area contributed by atoms with Gasteiger partial charge < -0.3 is 15.3 Å². The third-order valence-electron chi connectivity index (χ3n) is 2.84. The van der Waals surface area contributed by atoms with E-state index in [1.54, 1.807) is 18.2 Å². The maximum absolute atomic E-state index is 10.5. The Hall–Kier alpha value is -1.39. The van der Waals surface area contributed by atoms with Gasteiger partial charge in [-0.2, -0.15) is 0 Å². The molecular formula is C14H20O4. The summed E-state index contributed by atoms with van der Waals surface area (Å²) in [7, 11) is 0. The molecule has 3 N–H and O–H groups in total. The van der Waals surface area contributed by atoms with Gasteiger partial charge in [0.25, 0.3) is 0 Å². The second-order valence-corrected chi connectivity index (χ2v) is 5.49. The van der Waals surface area contributed by atoms with Gasteiger partial charge in [-0.25, -0.2) is 0 Å². The van der Waals surface area contributed by atoms with Crippen LogP contribution in [0.15, 0.2) is 24.3 Å². The van der Waals surface area contributed by atoms with Crippen molar-refractivity contribution in [1.29, 1.82) is 0 Å². The molecule has 0 aliphatic heterocycles. The van der Waals surface area contributed by atoms with Crippen LogP contribution in [0.1, 0.15) is 44.4 Å². The van der Waals surface area contributed by atoms with E-state index in [1.165, 1.54) is 0 Å². The van der Waals surface area contributed by atoms with E-state index in [9.17, 15) is 15.0 Å². The summed E-state index contributed by atoms with van der Waals surface area (Å²) >= 11 is 0. The third kappa shape index (κ3) is 3.82. The fraction of sp³-hybridized carbons (Fsp3) is 0.500. The minimum absolute atomic E-state index is 0.0620. The lowest BCUT2D eigenvalue weighted by Gasteiger charge is -2.22. The van der Waals surface area contributed by atoms with E-state index in [2.05, 4.69) is 0 Å². The van der Waals surface area contributed by atoms with Crippen LogP contribution in [-0.4, -0.2) is 27.4 Å². The van der Waals surface area contributed by atoms with Crippen molar-refractivity contribution >= 4 is 5.97 Å². The number of hydrogen-bond donors (Lipinski definition) is 3. The topological polar surface area (TPSA) is 77.8 Å². The van der Waals surface area contributed by atoms with Crippen LogP contribution in [0.4, 0.5) is 0 Å². The molecule has 2 unspecified atom stereocenters. The highest BCUT2D eigenvalue weighted by Gasteiger charge is 2.22. The Balaban J connectivity index is 2.93. The number of aliphatic hydroxyl groups excluding tert-OH is 2. The van der Waals surface area contributed by atoms with Crippen molar-refractivity contribution in [3.63, 3.8) is 0 Å². The zero-order valence-electron chi connectivity index (χ0n) is 10.9. The highest BCUT2D eigenvalue weighted by atomic mass is 16.4. The number of benzene rings is 1. The van der Waals surface area contributed by atoms with Crippen LogP contribution in [0.3, 0.4) is 0 Å². The molecule has 1 rings (SSSR count). The molecule has 0 bridgehead atoms. The second-order valence-electron chi connectivity index (χ2n) is 5.49. The molecule has 1 aromatic rings. The van der Waals surface area contributed by atoms with Crippen LogP contribution >= 0.6 is 0 Å². The van der Waals surface area contributed by atoms with Crippen LogP contribution in [-0.2, 0) is 10.2 Å². The third-order valence-corrected chi connectivity index (χ3v) is 2.84. The average Bonchev–Trinajstić information content (AvgIpc) is 2.26. The first-order valence-corrected chi connectivity index (χ1v) is 5.90. The first-order chi connectivity index (χ1) is 8.21. The second kappa shape index (κ2) is 5.50. The van der Waals surface area contributed by atoms with Crippen molar-refractivity contribution in [2.24, 2.45) is 0 Å². The maximum atomic E-state index is 10.5. The Bertz CT molecular complexity index is 420. The van der Waals surface area contributed by atoms with Crippen LogP contribution in [0.5, 0.6) is 0 Å². The fourth-order valence-electron chi connectivity index (χ4n) is 1.70. The molecule has 0 heterocycles. The van der Waals surface area contributed by atoms with E-state index >= 15 is 0 Å². The number of hydrogen-bond acceptors (Lipinski definition) is 3. The lowest BCUT2D eigenvalue weighted by atomic mass is 9.85. The van der Waals surface area contributed by atoms with Gasteiger partial charge in [-0.1, -0.05) is 45.0 Å². The molecule has 0 amide bonds. The summed E-state index contributed by atoms with van der Waals surface area (Å²) in [4.78, 5) is 10.5. The lowest BCUT2D eigenvalue weighted by Crippen LogP contribution is -2.22. The predicted octanol–water partition coefficient (Wildman–Crippen LogP) is 1.85. The molecule has 1 aromatic carbocycles. The minimum Gasteiger partial charge on any atom is -0.481 e. The SMILES string of the molecule is CC(C)(C)c1cccc(C(O)C(O)CC(=O)O)c1. The molecule has 0 aliphatic rings. The lowest BCUT2D eigenvalue weighted by molar-refractivity contribution is -0.141. The summed E-state index contributed by atoms with van der Waals surface area (Å²) in [6.07, 6.45) is -2.94. The molecule has 0 fully saturated rings. The Kier molecular flexibility index (Phi) is 4.48. The standard InChI is InChI=1S/C14H20O4/c1-14(2,3)10-6-4-5-9(7-10)13(18)11(15)8-12(16)17/h4-7,11,13,15,18H,8H2,1-3H3,(H,16,17). The largest absolute Gasteiger partial charge is 0.481 e. The number of carbonyl (C=O) groups is 1. The van der Waals surface area contributed by atoms with E-state index in [4.69, 9.17) is 5.11 Å². The van der Waals surface area contributed by atoms with Gasteiger partial charge >= 0.3 is 5.97 Å². The smallest absolute Gasteiger partial charge is 0.306 e. The Morgan fingerprint density at radius 3 is 2.39 bits per heavy atom. The van der Waals surface area contributed by atoms with Gasteiger partial charge in [-0.05, 0) is 16.5 Å². The maximum Gasteiger partial charge on any atom is 0.306 e. The van der Waals surface area contributed by atoms with Crippen LogP contribution in [0.2, 0.25) is 0 Å². The van der Waals surface area contributed by atoms with Gasteiger partial charge in [0.1, 0.15) is 6.10 Å². The van der Waals surface area contributed by atoms with Crippen molar-refractivity contribution in [1.82, 2.24) is 0 Å². The van der Waals surface area contributed by atoms with Crippen molar-refractivity contribution in [2.75, 3.05) is 0 Å². The van der Waals surface area contributed by atoms with Gasteiger partial charge in [0.05, 0.1) is 12.5 Å². The first-order valence-electron chi connectivity index (χ1n) is 5.90. The minimum atomic E-state index is -1.29. The number of rotatable bonds is 4. The number of carboxylic acids is 1. The van der Waals surface area contributed by atoms with Gasteiger partial charge in [0.15, 0.2) is 0 Å². The fourth-order valence-corrected chi connectivity index (χ4v) is 1.70. The molecular weight excluding hydrogens is 232 g/mol. The number of aliphatic hydroxyl groups is 2. The summed E-state index contributed by atoms with van der Waals surface area (Å²) in [5.74, 6) is -1.13. The molecule has 0 aromatic heterocycles. The highest BCUT2D eigenvalue weighted by molar-refractivity contribution is 5.67. The zero-order valence-corrected chi connectivity index (χ0v) is 10.9. The van der Waals surface area contributed by atoms with Crippen LogP contribution in [0.25, 0.3) is 0 Å². The summed E-state index contributed by atoms with van der Waals surface area (Å²) in [6.45, 7) is 6.14. The Labute approximate surface area is 107 Å². The summed E-state index contributed by atoms with van der Waals surface area (Å²) in [6, 6.07) is 7.23. The summed E-state index contributed by atoms with van der Waals surface area (Å²) in [5, 5.41) is 28.1. The van der Waals surface area contributed by atoms with E-state index in [0.29, 0.717) is 5.56 Å². The van der Waals surface area contributed by atoms with Crippen molar-refractivity contribution < 1.29 is 20.1 Å². The molecule has 2 atom stereocenters. The zero-order chi connectivity index (χ0) is 13.9. The van der Waals surface area contributed by atoms with Crippen LogP contribution < -0.4 is 0 Å². The van der Waals surface area contributed by atoms with Gasteiger partial charge in [-0.3, -0.25) is 4.79 Å². The van der Waals surface area contributed by atoms with Crippen molar-refractivity contribution in [3.8, 4) is 0 Å². The highest BCUT2D eigenvalue weighted by Crippen LogP contribution is 2.26. The monoisotopic (exact) mass is 252 g/mol. The van der Waals surface area contributed by atoms with E-state index in [0.717, 1.165) is 5.56 Å². The van der Waals surface area contributed by atoms with Crippen molar-refractivity contribution in [2.45, 2.75) is 44.8 Å². The van der Waals surface area contributed by atoms with Crippen LogP contribution in [0, 0.1) is 0 Å². The molecule has 4 nitrogen and oxygen atoms in total. The molecule has 18 heavy (non-hydrogen) atoms. The van der Waals surface area contributed by atoms with E-state index in [1.807, 2.05) is 26.8 Å². The molecule has 100 valence electrons. The van der Waals surface area contributed by atoms with E-state index < -0.39 is 24.6 Å². The molecule has 0 aliphatic carbocycles. The Morgan fingerprint density at radius 1 is 1.28 bits per heavy atom. The molecule has 0 saturated heterocycles. The van der Waals surface area contributed by atoms with E-state index in [-0.39, 0.29) is 5.41 Å². The summed E-state index contributed by atoms with van der Waals surface area (Å²) in [5.41, 5.74) is 1.51. The van der Waals surface area contributed by atoms with Gasteiger partial charge in [-0.15, -0.1) is 0 Å². The number of aliphatic carboxylic acids is 1. The van der Waals surface area contributed by atoms with Crippen molar-refractivity contribution in [3.05, 3.63) is 35.4 Å². The molecule has 4 heteroatoms. The molecule has 0 saturated carbocycles. The average molecular weight is 252 g/mol. The Morgan fingerprint density at radius 2 is 1.89 bits per heavy atom. The molecule has 0 radical (unpaired) electrons. The van der Waals surface area contributed by atoms with Gasteiger partial charge in [0, 0.05) is 0 Å². The molecule has 0 spiro atoms. The first kappa shape index (κ1) is 14.7. The van der Waals surface area contributed by atoms with Gasteiger partial charge in [0.2, 0.25) is 0 Å². The number of carboxylic acid groups (broad SMARTS) is 1. The quantitative estimate of drug-likeness (QED) is 0.764.